The fourth-order valence-corrected chi connectivity index (χ4v) is 9.42. The summed E-state index contributed by atoms with van der Waals surface area (Å²) < 4.78 is 6.11. The van der Waals surface area contributed by atoms with Gasteiger partial charge in [-0.1, -0.05) is 166 Å². The highest BCUT2D eigenvalue weighted by atomic mass is 16.3. The highest BCUT2D eigenvalue weighted by molar-refractivity contribution is 6.22. The smallest absolute Gasteiger partial charge is 0.135 e. The molecule has 1 nitrogen and oxygen atoms in total. The van der Waals surface area contributed by atoms with Gasteiger partial charge in [-0.3, -0.25) is 0 Å². The summed E-state index contributed by atoms with van der Waals surface area (Å²) in [6.07, 6.45) is 0. The van der Waals surface area contributed by atoms with Crippen molar-refractivity contribution in [1.82, 2.24) is 0 Å². The lowest BCUT2D eigenvalue weighted by Crippen LogP contribution is -2.17. The Morgan fingerprint density at radius 3 is 1.62 bits per heavy atom. The van der Waals surface area contributed by atoms with Crippen molar-refractivity contribution in [3.8, 4) is 44.5 Å². The van der Waals surface area contributed by atoms with Crippen LogP contribution in [0.25, 0.3) is 98.8 Å². The number of furan rings is 1. The molecular weight excluding hydrogens is 629 g/mol. The zero-order chi connectivity index (χ0) is 34.6. The van der Waals surface area contributed by atoms with Crippen LogP contribution < -0.4 is 0 Å². The summed E-state index contributed by atoms with van der Waals surface area (Å²) in [6, 6.07) is 62.4. The van der Waals surface area contributed by atoms with E-state index in [9.17, 15) is 0 Å². The van der Waals surface area contributed by atoms with Crippen molar-refractivity contribution in [1.29, 1.82) is 0 Å². The van der Waals surface area contributed by atoms with Gasteiger partial charge in [-0.25, -0.2) is 0 Å². The van der Waals surface area contributed by atoms with E-state index >= 15 is 0 Å². The molecule has 52 heavy (non-hydrogen) atoms. The molecular formula is C51H34O. The van der Waals surface area contributed by atoms with Gasteiger partial charge >= 0.3 is 0 Å². The first kappa shape index (κ1) is 29.3. The van der Waals surface area contributed by atoms with Crippen molar-refractivity contribution in [2.24, 2.45) is 0 Å². The Hall–Kier alpha value is -6.44. The number of para-hydroxylation sites is 1. The van der Waals surface area contributed by atoms with Crippen molar-refractivity contribution >= 4 is 54.3 Å². The van der Waals surface area contributed by atoms with Gasteiger partial charge in [0.15, 0.2) is 0 Å². The third-order valence-corrected chi connectivity index (χ3v) is 11.6. The normalized spacial score (nSPS) is 13.3. The third kappa shape index (κ3) is 4.05. The lowest BCUT2D eigenvalue weighted by Gasteiger charge is -2.27. The van der Waals surface area contributed by atoms with E-state index in [0.29, 0.717) is 0 Å². The molecule has 1 heteroatoms. The van der Waals surface area contributed by atoms with E-state index in [-0.39, 0.29) is 5.41 Å². The molecule has 0 atom stereocenters. The molecule has 244 valence electrons. The van der Waals surface area contributed by atoms with E-state index in [4.69, 9.17) is 4.42 Å². The lowest BCUT2D eigenvalue weighted by molar-refractivity contribution is 0.668. The molecule has 0 spiro atoms. The molecule has 1 aliphatic carbocycles. The van der Waals surface area contributed by atoms with Crippen LogP contribution in [-0.2, 0) is 5.41 Å². The van der Waals surface area contributed by atoms with Crippen LogP contribution in [-0.4, -0.2) is 0 Å². The topological polar surface area (TPSA) is 13.1 Å². The summed E-state index contributed by atoms with van der Waals surface area (Å²) in [7, 11) is 0. The summed E-state index contributed by atoms with van der Waals surface area (Å²) in [5.41, 5.74) is 14.7. The van der Waals surface area contributed by atoms with Crippen molar-refractivity contribution < 1.29 is 4.42 Å². The predicted octanol–water partition coefficient (Wildman–Crippen LogP) is 14.4. The Morgan fingerprint density at radius 2 is 0.885 bits per heavy atom. The van der Waals surface area contributed by atoms with Gasteiger partial charge in [-0.15, -0.1) is 0 Å². The van der Waals surface area contributed by atoms with Crippen LogP contribution in [0.4, 0.5) is 0 Å². The Kier molecular flexibility index (Phi) is 6.08. The highest BCUT2D eigenvalue weighted by Crippen LogP contribution is 2.56. The molecule has 11 rings (SSSR count). The minimum Gasteiger partial charge on any atom is -0.456 e. The van der Waals surface area contributed by atoms with E-state index in [2.05, 4.69) is 172 Å². The molecule has 9 aromatic carbocycles. The standard InChI is InChI=1S/C51H34O/c1-51(2)49-35-13-4-3-12-32(35)26-28-42(49)41-19-11-20-43(50(41)51)48-39-17-7-5-15-37(39)47(38-16-6-8-18-40(38)48)33-24-22-31(23-25-33)34-27-29-46-44(30-34)36-14-9-10-21-45(36)52-46/h3-30H,1-2H3. The van der Waals surface area contributed by atoms with Crippen LogP contribution in [0.15, 0.2) is 174 Å². The van der Waals surface area contributed by atoms with E-state index in [1.807, 2.05) is 12.1 Å². The van der Waals surface area contributed by atoms with E-state index < -0.39 is 0 Å². The Morgan fingerprint density at radius 1 is 0.346 bits per heavy atom. The van der Waals surface area contributed by atoms with Crippen molar-refractivity contribution in [2.45, 2.75) is 19.3 Å². The SMILES string of the molecule is CC1(C)c2c(cccc2-c2c3ccccc3c(-c3ccc(-c4ccc5oc6ccccc6c5c4)cc3)c3ccccc23)-c2ccc3ccccc3c21. The second-order valence-electron chi connectivity index (χ2n) is 14.8. The summed E-state index contributed by atoms with van der Waals surface area (Å²) in [5, 5.41) is 10.0. The van der Waals surface area contributed by atoms with Gasteiger partial charge in [-0.05, 0) is 106 Å². The van der Waals surface area contributed by atoms with Crippen LogP contribution in [0.3, 0.4) is 0 Å². The Bertz CT molecular complexity index is 3030. The minimum absolute atomic E-state index is 0.176. The average Bonchev–Trinajstić information content (AvgIpc) is 3.68. The highest BCUT2D eigenvalue weighted by Gasteiger charge is 2.39. The van der Waals surface area contributed by atoms with Gasteiger partial charge in [0.1, 0.15) is 11.2 Å². The maximum absolute atomic E-state index is 6.11. The maximum Gasteiger partial charge on any atom is 0.135 e. The molecule has 0 saturated carbocycles. The van der Waals surface area contributed by atoms with Gasteiger partial charge in [0, 0.05) is 16.2 Å². The third-order valence-electron chi connectivity index (χ3n) is 11.6. The summed E-state index contributed by atoms with van der Waals surface area (Å²) >= 11 is 0. The summed E-state index contributed by atoms with van der Waals surface area (Å²) in [6.45, 7) is 4.83. The molecule has 0 radical (unpaired) electrons. The molecule has 1 aliphatic rings. The number of hydrogen-bond donors (Lipinski definition) is 0. The molecule has 0 N–H and O–H groups in total. The number of rotatable bonds is 3. The summed E-state index contributed by atoms with van der Waals surface area (Å²) in [4.78, 5) is 0. The molecule has 0 unspecified atom stereocenters. The second-order valence-corrected chi connectivity index (χ2v) is 14.8. The van der Waals surface area contributed by atoms with E-state index in [1.54, 1.807) is 0 Å². The van der Waals surface area contributed by atoms with Gasteiger partial charge in [0.05, 0.1) is 0 Å². The van der Waals surface area contributed by atoms with Gasteiger partial charge in [0.2, 0.25) is 0 Å². The average molecular weight is 663 g/mol. The van der Waals surface area contributed by atoms with Crippen LogP contribution >= 0.6 is 0 Å². The first-order chi connectivity index (χ1) is 25.6. The molecule has 1 heterocycles. The zero-order valence-electron chi connectivity index (χ0n) is 29.1. The molecule has 0 fully saturated rings. The molecule has 0 aliphatic heterocycles. The van der Waals surface area contributed by atoms with Crippen molar-refractivity contribution in [3.63, 3.8) is 0 Å². The first-order valence-electron chi connectivity index (χ1n) is 18.2. The largest absolute Gasteiger partial charge is 0.456 e. The van der Waals surface area contributed by atoms with Crippen molar-refractivity contribution in [3.05, 3.63) is 181 Å². The van der Waals surface area contributed by atoms with Crippen LogP contribution in [0.1, 0.15) is 25.0 Å². The fraction of sp³-hybridized carbons (Fsp3) is 0.0588. The zero-order valence-corrected chi connectivity index (χ0v) is 29.1. The van der Waals surface area contributed by atoms with E-state index in [1.165, 1.54) is 88.0 Å². The Balaban J connectivity index is 1.11. The van der Waals surface area contributed by atoms with Crippen LogP contribution in [0.5, 0.6) is 0 Å². The molecule has 0 amide bonds. The van der Waals surface area contributed by atoms with Gasteiger partial charge in [0.25, 0.3) is 0 Å². The second kappa shape index (κ2) is 10.8. The first-order valence-corrected chi connectivity index (χ1v) is 18.2. The lowest BCUT2D eigenvalue weighted by atomic mass is 9.76. The molecule has 0 bridgehead atoms. The molecule has 1 aromatic heterocycles. The summed E-state index contributed by atoms with van der Waals surface area (Å²) in [5.74, 6) is 0. The quantitative estimate of drug-likeness (QED) is 0.172. The van der Waals surface area contributed by atoms with Crippen molar-refractivity contribution in [2.75, 3.05) is 0 Å². The number of benzene rings is 9. The van der Waals surface area contributed by atoms with Crippen LogP contribution in [0.2, 0.25) is 0 Å². The monoisotopic (exact) mass is 662 g/mol. The maximum atomic E-state index is 6.11. The van der Waals surface area contributed by atoms with Gasteiger partial charge < -0.3 is 4.42 Å². The molecule has 0 saturated heterocycles. The number of fused-ring (bicyclic) bond motifs is 10. The van der Waals surface area contributed by atoms with Crippen LogP contribution in [0, 0.1) is 0 Å². The molecule has 10 aromatic rings. The fourth-order valence-electron chi connectivity index (χ4n) is 9.42. The van der Waals surface area contributed by atoms with Gasteiger partial charge in [-0.2, -0.15) is 0 Å². The predicted molar refractivity (Wildman–Crippen MR) is 220 cm³/mol. The minimum atomic E-state index is -0.176. The number of hydrogen-bond acceptors (Lipinski definition) is 1. The Labute approximate surface area is 302 Å². The van der Waals surface area contributed by atoms with E-state index in [0.717, 1.165) is 21.9 Å².